The van der Waals surface area contributed by atoms with Gasteiger partial charge in [0, 0.05) is 35.8 Å². The van der Waals surface area contributed by atoms with Gasteiger partial charge in [-0.15, -0.1) is 0 Å². The fraction of sp³-hybridized carbons (Fsp3) is 0.400. The van der Waals surface area contributed by atoms with Gasteiger partial charge < -0.3 is 24.8 Å². The lowest BCUT2D eigenvalue weighted by atomic mass is 9.90. The summed E-state index contributed by atoms with van der Waals surface area (Å²) in [5.74, 6) is -2.43. The van der Waals surface area contributed by atoms with Crippen LogP contribution >= 0.6 is 0 Å². The SMILES string of the molecule is C[Si](C)(C)c1c(F)cc(NC(=O)C2c3ccc4c(c3CCN2C(=O)CCCC(=O)O)OCO4)cc1F. The molecule has 2 aliphatic heterocycles. The molecule has 2 aliphatic rings. The van der Waals surface area contributed by atoms with Crippen molar-refractivity contribution < 1.29 is 37.7 Å². The number of nitrogens with zero attached hydrogens (tertiary/aromatic N) is 1. The van der Waals surface area contributed by atoms with Gasteiger partial charge in [-0.25, -0.2) is 8.78 Å². The van der Waals surface area contributed by atoms with Gasteiger partial charge in [-0.05, 0) is 36.6 Å². The van der Waals surface area contributed by atoms with E-state index in [1.54, 1.807) is 12.1 Å². The van der Waals surface area contributed by atoms with E-state index in [9.17, 15) is 23.2 Å². The molecule has 0 saturated carbocycles. The first-order chi connectivity index (χ1) is 17.0. The van der Waals surface area contributed by atoms with Crippen molar-refractivity contribution >= 4 is 36.7 Å². The highest BCUT2D eigenvalue weighted by Gasteiger charge is 2.39. The average molecular weight is 519 g/mol. The van der Waals surface area contributed by atoms with Crippen LogP contribution in [-0.4, -0.2) is 49.2 Å². The minimum absolute atomic E-state index is 0.0441. The van der Waals surface area contributed by atoms with Gasteiger partial charge in [0.25, 0.3) is 5.91 Å². The van der Waals surface area contributed by atoms with Crippen molar-refractivity contribution in [2.24, 2.45) is 0 Å². The first-order valence-corrected chi connectivity index (χ1v) is 15.2. The Morgan fingerprint density at radius 2 is 1.81 bits per heavy atom. The van der Waals surface area contributed by atoms with E-state index in [4.69, 9.17) is 14.6 Å². The molecule has 0 saturated heterocycles. The Kier molecular flexibility index (Phi) is 7.03. The number of anilines is 1. The van der Waals surface area contributed by atoms with Gasteiger partial charge in [0.1, 0.15) is 17.7 Å². The number of rotatable bonds is 7. The van der Waals surface area contributed by atoms with E-state index in [2.05, 4.69) is 5.32 Å². The number of benzene rings is 2. The summed E-state index contributed by atoms with van der Waals surface area (Å²) in [6, 6.07) is 4.43. The first-order valence-electron chi connectivity index (χ1n) is 11.7. The molecule has 2 aromatic carbocycles. The molecular formula is C25H28F2N2O6Si. The number of amides is 2. The Hall–Kier alpha value is -3.47. The van der Waals surface area contributed by atoms with Crippen molar-refractivity contribution in [2.45, 2.75) is 51.4 Å². The van der Waals surface area contributed by atoms with Gasteiger partial charge in [0.15, 0.2) is 11.5 Å². The maximum atomic E-state index is 14.8. The highest BCUT2D eigenvalue weighted by Crippen LogP contribution is 2.43. The molecule has 8 nitrogen and oxygen atoms in total. The molecule has 0 aromatic heterocycles. The normalized spacial score (nSPS) is 16.5. The second-order valence-corrected chi connectivity index (χ2v) is 14.9. The third kappa shape index (κ3) is 5.06. The van der Waals surface area contributed by atoms with Gasteiger partial charge in [-0.3, -0.25) is 14.4 Å². The minimum Gasteiger partial charge on any atom is -0.481 e. The monoisotopic (exact) mass is 518 g/mol. The van der Waals surface area contributed by atoms with Crippen molar-refractivity contribution in [2.75, 3.05) is 18.7 Å². The molecule has 0 bridgehead atoms. The summed E-state index contributed by atoms with van der Waals surface area (Å²) in [7, 11) is -2.31. The number of aliphatic carboxylic acids is 1. The zero-order valence-corrected chi connectivity index (χ0v) is 21.3. The lowest BCUT2D eigenvalue weighted by Gasteiger charge is -2.36. The van der Waals surface area contributed by atoms with Gasteiger partial charge in [0.2, 0.25) is 12.7 Å². The third-order valence-electron chi connectivity index (χ3n) is 6.30. The molecule has 36 heavy (non-hydrogen) atoms. The van der Waals surface area contributed by atoms with Crippen LogP contribution in [0.4, 0.5) is 14.5 Å². The van der Waals surface area contributed by atoms with E-state index in [0.29, 0.717) is 23.5 Å². The molecule has 2 aromatic rings. The molecule has 0 radical (unpaired) electrons. The molecule has 2 heterocycles. The molecule has 2 N–H and O–H groups in total. The van der Waals surface area contributed by atoms with Crippen LogP contribution in [0.25, 0.3) is 0 Å². The van der Waals surface area contributed by atoms with Crippen LogP contribution in [0.15, 0.2) is 24.3 Å². The van der Waals surface area contributed by atoms with E-state index in [-0.39, 0.29) is 49.4 Å². The minimum atomic E-state index is -2.31. The molecule has 0 fully saturated rings. The lowest BCUT2D eigenvalue weighted by Crippen LogP contribution is -2.45. The summed E-state index contributed by atoms with van der Waals surface area (Å²) in [5.41, 5.74) is 1.20. The third-order valence-corrected chi connectivity index (χ3v) is 8.27. The van der Waals surface area contributed by atoms with Gasteiger partial charge >= 0.3 is 5.97 Å². The molecule has 192 valence electrons. The molecule has 1 unspecified atom stereocenters. The molecular weight excluding hydrogens is 490 g/mol. The van der Waals surface area contributed by atoms with Crippen molar-refractivity contribution in [1.29, 1.82) is 0 Å². The summed E-state index contributed by atoms with van der Waals surface area (Å²) >= 11 is 0. The number of carboxylic acids is 1. The fourth-order valence-electron chi connectivity index (χ4n) is 4.75. The maximum absolute atomic E-state index is 14.8. The van der Waals surface area contributed by atoms with Crippen LogP contribution in [0.2, 0.25) is 19.6 Å². The Morgan fingerprint density at radius 3 is 2.44 bits per heavy atom. The standard InChI is InChI=1S/C25H28F2N2O6Si/c1-36(2,3)24-17(26)11-14(12-18(24)27)28-25(33)22-15-7-8-19-23(35-13-34-19)16(15)9-10-29(22)20(30)5-4-6-21(31)32/h7-8,11-12,22H,4-6,9-10,13H2,1-3H3,(H,28,33)(H,31,32). The number of carbonyl (C=O) groups excluding carboxylic acids is 2. The average Bonchev–Trinajstić information content (AvgIpc) is 3.25. The summed E-state index contributed by atoms with van der Waals surface area (Å²) in [6.07, 6.45) is 0.309. The van der Waals surface area contributed by atoms with E-state index >= 15 is 0 Å². The fourth-order valence-corrected chi connectivity index (χ4v) is 6.32. The van der Waals surface area contributed by atoms with Crippen LogP contribution < -0.4 is 20.0 Å². The van der Waals surface area contributed by atoms with Crippen LogP contribution in [0.1, 0.15) is 36.4 Å². The molecule has 4 rings (SSSR count). The molecule has 0 spiro atoms. The quantitative estimate of drug-likeness (QED) is 0.543. The van der Waals surface area contributed by atoms with Crippen LogP contribution in [-0.2, 0) is 20.8 Å². The molecule has 1 atom stereocenters. The van der Waals surface area contributed by atoms with Crippen molar-refractivity contribution in [1.82, 2.24) is 4.90 Å². The Morgan fingerprint density at radius 1 is 1.11 bits per heavy atom. The van der Waals surface area contributed by atoms with Crippen LogP contribution in [0, 0.1) is 11.6 Å². The molecule has 2 amide bonds. The molecule has 11 heteroatoms. The smallest absolute Gasteiger partial charge is 0.303 e. The van der Waals surface area contributed by atoms with E-state index < -0.39 is 37.6 Å². The first kappa shape index (κ1) is 25.6. The summed E-state index contributed by atoms with van der Waals surface area (Å²) in [6.45, 7) is 5.70. The number of hydrogen-bond donors (Lipinski definition) is 2. The highest BCUT2D eigenvalue weighted by atomic mass is 28.3. The predicted molar refractivity (Wildman–Crippen MR) is 130 cm³/mol. The van der Waals surface area contributed by atoms with Crippen molar-refractivity contribution in [3.8, 4) is 11.5 Å². The highest BCUT2D eigenvalue weighted by molar-refractivity contribution is 6.88. The number of carboxylic acid groups (broad SMARTS) is 1. The van der Waals surface area contributed by atoms with Gasteiger partial charge in [-0.2, -0.15) is 0 Å². The second kappa shape index (κ2) is 9.88. The maximum Gasteiger partial charge on any atom is 0.303 e. The number of fused-ring (bicyclic) bond motifs is 3. The van der Waals surface area contributed by atoms with Gasteiger partial charge in [0.05, 0.1) is 8.07 Å². The van der Waals surface area contributed by atoms with E-state index in [1.807, 2.05) is 19.6 Å². The topological polar surface area (TPSA) is 105 Å². The number of carbonyl (C=O) groups is 3. The predicted octanol–water partition coefficient (Wildman–Crippen LogP) is 3.56. The van der Waals surface area contributed by atoms with Crippen LogP contribution in [0.3, 0.4) is 0 Å². The lowest BCUT2D eigenvalue weighted by molar-refractivity contribution is -0.140. The van der Waals surface area contributed by atoms with Crippen molar-refractivity contribution in [3.63, 3.8) is 0 Å². The second-order valence-electron chi connectivity index (χ2n) is 9.91. The number of hydrogen-bond acceptors (Lipinski definition) is 5. The number of halogens is 2. The number of ether oxygens (including phenoxy) is 2. The Balaban J connectivity index is 1.66. The van der Waals surface area contributed by atoms with Crippen molar-refractivity contribution in [3.05, 3.63) is 47.0 Å². The zero-order chi connectivity index (χ0) is 26.2. The number of nitrogens with one attached hydrogen (secondary N) is 1. The summed E-state index contributed by atoms with van der Waals surface area (Å²) < 4.78 is 40.6. The largest absolute Gasteiger partial charge is 0.481 e. The summed E-state index contributed by atoms with van der Waals surface area (Å²) in [5, 5.41) is 11.5. The van der Waals surface area contributed by atoms with E-state index in [0.717, 1.165) is 17.7 Å². The Labute approximate surface area is 208 Å². The van der Waals surface area contributed by atoms with E-state index in [1.165, 1.54) is 4.90 Å². The molecule has 0 aliphatic carbocycles. The summed E-state index contributed by atoms with van der Waals surface area (Å²) in [4.78, 5) is 38.8. The van der Waals surface area contributed by atoms with Gasteiger partial charge in [-0.1, -0.05) is 25.7 Å². The Bertz CT molecular complexity index is 1210. The van der Waals surface area contributed by atoms with Crippen LogP contribution in [0.5, 0.6) is 11.5 Å². The zero-order valence-electron chi connectivity index (χ0n) is 20.3.